The molecule has 0 aromatic carbocycles. The van der Waals surface area contributed by atoms with Crippen molar-refractivity contribution >= 4 is 17.0 Å². The summed E-state index contributed by atoms with van der Waals surface area (Å²) in [5.41, 5.74) is 2.42. The summed E-state index contributed by atoms with van der Waals surface area (Å²) in [6, 6.07) is 5.80. The molecule has 7 nitrogen and oxygen atoms in total. The van der Waals surface area contributed by atoms with Gasteiger partial charge in [-0.15, -0.1) is 0 Å². The van der Waals surface area contributed by atoms with Crippen LogP contribution in [0.2, 0.25) is 0 Å². The van der Waals surface area contributed by atoms with Gasteiger partial charge in [-0.3, -0.25) is 4.68 Å². The minimum atomic E-state index is -2.54. The number of hydrogen-bond acceptors (Lipinski definition) is 6. The van der Waals surface area contributed by atoms with Crippen molar-refractivity contribution in [3.8, 4) is 0 Å². The number of hydrogen-bond donors (Lipinski definition) is 0. The molecule has 31 heavy (non-hydrogen) atoms. The number of ether oxygens (including phenoxy) is 1. The largest absolute Gasteiger partial charge is 0.378 e. The lowest BCUT2D eigenvalue weighted by Gasteiger charge is -2.30. The quantitative estimate of drug-likeness (QED) is 0.615. The maximum absolute atomic E-state index is 13.6. The Bertz CT molecular complexity index is 995. The lowest BCUT2D eigenvalue weighted by Crippen LogP contribution is -2.37. The Labute approximate surface area is 180 Å². The van der Waals surface area contributed by atoms with Crippen LogP contribution < -0.4 is 4.90 Å². The van der Waals surface area contributed by atoms with Gasteiger partial charge in [0.05, 0.1) is 18.9 Å². The predicted octanol–water partition coefficient (Wildman–Crippen LogP) is 3.88. The minimum absolute atomic E-state index is 0.0365. The molecule has 0 atom stereocenters. The number of morpholine rings is 1. The van der Waals surface area contributed by atoms with E-state index in [-0.39, 0.29) is 18.8 Å². The van der Waals surface area contributed by atoms with Crippen molar-refractivity contribution in [1.82, 2.24) is 24.7 Å². The van der Waals surface area contributed by atoms with Crippen LogP contribution in [0.15, 0.2) is 30.6 Å². The molecule has 0 radical (unpaired) electrons. The lowest BCUT2D eigenvalue weighted by molar-refractivity contribution is -0.0383. The van der Waals surface area contributed by atoms with E-state index in [1.165, 1.54) is 0 Å². The Morgan fingerprint density at radius 1 is 1.06 bits per heavy atom. The molecule has 1 saturated heterocycles. The fraction of sp³-hybridized carbons (Fsp3) is 0.545. The fourth-order valence-electron chi connectivity index (χ4n) is 3.99. The smallest absolute Gasteiger partial charge is 0.248 e. The number of pyridine rings is 1. The Hall–Kier alpha value is -2.68. The second-order valence-electron chi connectivity index (χ2n) is 8.14. The third kappa shape index (κ3) is 5.33. The maximum atomic E-state index is 13.6. The number of alkyl halides is 2. The van der Waals surface area contributed by atoms with Crippen LogP contribution in [-0.4, -0.2) is 57.0 Å². The molecule has 0 N–H and O–H groups in total. The van der Waals surface area contributed by atoms with Gasteiger partial charge in [0.2, 0.25) is 11.9 Å². The van der Waals surface area contributed by atoms with Gasteiger partial charge in [0, 0.05) is 62.4 Å². The standard InChI is InChI=1S/C18H22F2N4O.C4H6N2/c1-12-2-3-14-15(13-4-6-18(19,20)7-5-13)22-17(23-16(14)21-12)24-8-10-25-11-9-24;1-6-4-2-3-5-6/h2-3,13H,4-11H2,1H3;2-4H,1H3. The summed E-state index contributed by atoms with van der Waals surface area (Å²) < 4.78 is 34.3. The molecule has 3 aromatic rings. The number of halogens is 2. The molecule has 0 spiro atoms. The molecule has 1 aliphatic carbocycles. The normalized spacial score (nSPS) is 19.2. The highest BCUT2D eigenvalue weighted by Crippen LogP contribution is 2.42. The lowest BCUT2D eigenvalue weighted by atomic mass is 9.83. The Balaban J connectivity index is 0.000000334. The first-order valence-corrected chi connectivity index (χ1v) is 10.7. The molecule has 5 rings (SSSR count). The van der Waals surface area contributed by atoms with E-state index in [1.807, 2.05) is 38.4 Å². The summed E-state index contributed by atoms with van der Waals surface area (Å²) in [5.74, 6) is -1.86. The molecule has 1 aliphatic heterocycles. The zero-order valence-corrected chi connectivity index (χ0v) is 18.0. The summed E-state index contributed by atoms with van der Waals surface area (Å²) in [6.45, 7) is 4.69. The van der Waals surface area contributed by atoms with E-state index in [0.29, 0.717) is 37.7 Å². The van der Waals surface area contributed by atoms with Gasteiger partial charge in [0.25, 0.3) is 0 Å². The molecule has 3 aromatic heterocycles. The third-order valence-electron chi connectivity index (χ3n) is 5.75. The van der Waals surface area contributed by atoms with E-state index < -0.39 is 5.92 Å². The number of aromatic nitrogens is 5. The average molecular weight is 431 g/mol. The predicted molar refractivity (Wildman–Crippen MR) is 114 cm³/mol. The monoisotopic (exact) mass is 430 g/mol. The van der Waals surface area contributed by atoms with Crippen LogP contribution in [0.1, 0.15) is 43.0 Å². The Morgan fingerprint density at radius 2 is 1.81 bits per heavy atom. The summed E-state index contributed by atoms with van der Waals surface area (Å²) >= 11 is 0. The number of aryl methyl sites for hydroxylation is 2. The van der Waals surface area contributed by atoms with Crippen molar-refractivity contribution in [3.63, 3.8) is 0 Å². The van der Waals surface area contributed by atoms with Gasteiger partial charge in [0.15, 0.2) is 5.65 Å². The number of rotatable bonds is 2. The van der Waals surface area contributed by atoms with E-state index in [4.69, 9.17) is 9.72 Å². The van der Waals surface area contributed by atoms with Gasteiger partial charge in [-0.2, -0.15) is 10.1 Å². The van der Waals surface area contributed by atoms with E-state index in [9.17, 15) is 8.78 Å². The summed E-state index contributed by atoms with van der Waals surface area (Å²) in [4.78, 5) is 16.1. The highest BCUT2D eigenvalue weighted by atomic mass is 19.3. The Kier molecular flexibility index (Phi) is 6.41. The molecule has 0 amide bonds. The zero-order chi connectivity index (χ0) is 21.8. The van der Waals surface area contributed by atoms with Gasteiger partial charge in [0.1, 0.15) is 0 Å². The second kappa shape index (κ2) is 9.21. The van der Waals surface area contributed by atoms with E-state index >= 15 is 0 Å². The molecular formula is C22H28F2N6O. The molecule has 0 bridgehead atoms. The zero-order valence-electron chi connectivity index (χ0n) is 18.0. The molecule has 9 heteroatoms. The van der Waals surface area contributed by atoms with E-state index in [2.05, 4.69) is 20.0 Å². The fourth-order valence-corrected chi connectivity index (χ4v) is 3.99. The number of anilines is 1. The van der Waals surface area contributed by atoms with Crippen molar-refractivity contribution in [1.29, 1.82) is 0 Å². The van der Waals surface area contributed by atoms with E-state index in [1.54, 1.807) is 10.9 Å². The first-order chi connectivity index (χ1) is 14.9. The van der Waals surface area contributed by atoms with Gasteiger partial charge >= 0.3 is 0 Å². The van der Waals surface area contributed by atoms with Gasteiger partial charge in [-0.1, -0.05) is 0 Å². The van der Waals surface area contributed by atoms with Crippen LogP contribution in [0.3, 0.4) is 0 Å². The van der Waals surface area contributed by atoms with Crippen LogP contribution in [0.5, 0.6) is 0 Å². The molecular weight excluding hydrogens is 402 g/mol. The van der Waals surface area contributed by atoms with Crippen molar-refractivity contribution in [2.45, 2.75) is 44.4 Å². The van der Waals surface area contributed by atoms with Gasteiger partial charge in [-0.25, -0.2) is 18.7 Å². The molecule has 2 aliphatic rings. The summed E-state index contributed by atoms with van der Waals surface area (Å²) in [7, 11) is 1.89. The first kappa shape index (κ1) is 21.5. The van der Waals surface area contributed by atoms with Crippen LogP contribution in [-0.2, 0) is 11.8 Å². The van der Waals surface area contributed by atoms with Crippen LogP contribution in [0, 0.1) is 6.92 Å². The summed E-state index contributed by atoms with van der Waals surface area (Å²) in [6.07, 6.45) is 4.40. The highest BCUT2D eigenvalue weighted by molar-refractivity contribution is 5.79. The summed E-state index contributed by atoms with van der Waals surface area (Å²) in [5, 5.41) is 4.72. The number of fused-ring (bicyclic) bond motifs is 1. The van der Waals surface area contributed by atoms with Crippen molar-refractivity contribution < 1.29 is 13.5 Å². The van der Waals surface area contributed by atoms with Crippen LogP contribution in [0.4, 0.5) is 14.7 Å². The number of nitrogens with zero attached hydrogens (tertiary/aromatic N) is 6. The molecule has 1 saturated carbocycles. The SMILES string of the molecule is Cc1ccc2c(C3CCC(F)(F)CC3)nc(N3CCOCC3)nc2n1.Cn1cccn1. The molecule has 0 unspecified atom stereocenters. The third-order valence-corrected chi connectivity index (χ3v) is 5.75. The average Bonchev–Trinajstić information content (AvgIpc) is 3.25. The molecule has 166 valence electrons. The minimum Gasteiger partial charge on any atom is -0.378 e. The van der Waals surface area contributed by atoms with Gasteiger partial charge < -0.3 is 9.64 Å². The first-order valence-electron chi connectivity index (χ1n) is 10.7. The molecule has 4 heterocycles. The van der Waals surface area contributed by atoms with Crippen LogP contribution in [0.25, 0.3) is 11.0 Å². The van der Waals surface area contributed by atoms with Crippen molar-refractivity contribution in [2.75, 3.05) is 31.2 Å². The van der Waals surface area contributed by atoms with Gasteiger partial charge in [-0.05, 0) is 38.0 Å². The topological polar surface area (TPSA) is 69.0 Å². The van der Waals surface area contributed by atoms with Crippen LogP contribution >= 0.6 is 0 Å². The maximum Gasteiger partial charge on any atom is 0.248 e. The van der Waals surface area contributed by atoms with E-state index in [0.717, 1.165) is 29.9 Å². The van der Waals surface area contributed by atoms with Crippen molar-refractivity contribution in [3.05, 3.63) is 42.0 Å². The van der Waals surface area contributed by atoms with Crippen molar-refractivity contribution in [2.24, 2.45) is 7.05 Å². The highest BCUT2D eigenvalue weighted by Gasteiger charge is 2.36. The second-order valence-corrected chi connectivity index (χ2v) is 8.14. The Morgan fingerprint density at radius 3 is 2.42 bits per heavy atom. The molecule has 2 fully saturated rings.